The molecule has 0 unspecified atom stereocenters. The molecule has 0 aliphatic heterocycles. The lowest BCUT2D eigenvalue weighted by atomic mass is 10.1. The average molecular weight is 215 g/mol. The van der Waals surface area contributed by atoms with Crippen LogP contribution in [0.4, 0.5) is 5.95 Å². The lowest BCUT2D eigenvalue weighted by Crippen LogP contribution is -2.07. The van der Waals surface area contributed by atoms with E-state index in [1.54, 1.807) is 0 Å². The van der Waals surface area contributed by atoms with E-state index in [0.29, 0.717) is 5.95 Å². The van der Waals surface area contributed by atoms with E-state index in [0.717, 1.165) is 18.7 Å². The predicted molar refractivity (Wildman–Crippen MR) is 66.3 cm³/mol. The topological polar surface area (TPSA) is 43.8 Å². The third-order valence-corrected chi connectivity index (χ3v) is 2.91. The van der Waals surface area contributed by atoms with E-state index in [9.17, 15) is 0 Å². The maximum Gasteiger partial charge on any atom is 0.200 e. The van der Waals surface area contributed by atoms with Crippen LogP contribution in [0.2, 0.25) is 0 Å². The number of hydrogen-bond acceptors (Lipinski definition) is 2. The van der Waals surface area contributed by atoms with E-state index in [1.165, 1.54) is 11.1 Å². The van der Waals surface area contributed by atoms with Crippen LogP contribution in [0.1, 0.15) is 23.7 Å². The summed E-state index contributed by atoms with van der Waals surface area (Å²) in [5.74, 6) is 0.586. The number of benzene rings is 1. The number of nitrogen functional groups attached to an aromatic ring is 1. The molecule has 2 rings (SSSR count). The van der Waals surface area contributed by atoms with Crippen molar-refractivity contribution < 1.29 is 0 Å². The van der Waals surface area contributed by atoms with Gasteiger partial charge in [0.25, 0.3) is 0 Å². The SMILES string of the molecule is CCc1ccccc1Cn1c(C)cnc1N. The monoisotopic (exact) mass is 215 g/mol. The fourth-order valence-corrected chi connectivity index (χ4v) is 1.91. The second-order valence-electron chi connectivity index (χ2n) is 3.97. The second-order valence-corrected chi connectivity index (χ2v) is 3.97. The summed E-state index contributed by atoms with van der Waals surface area (Å²) in [7, 11) is 0. The first kappa shape index (κ1) is 10.7. The van der Waals surface area contributed by atoms with Crippen LogP contribution >= 0.6 is 0 Å². The van der Waals surface area contributed by atoms with E-state index in [2.05, 4.69) is 36.2 Å². The largest absolute Gasteiger partial charge is 0.369 e. The summed E-state index contributed by atoms with van der Waals surface area (Å²) in [6.07, 6.45) is 2.85. The van der Waals surface area contributed by atoms with Gasteiger partial charge in [-0.15, -0.1) is 0 Å². The van der Waals surface area contributed by atoms with Gasteiger partial charge in [0.1, 0.15) is 0 Å². The summed E-state index contributed by atoms with van der Waals surface area (Å²) in [6.45, 7) is 5.00. The van der Waals surface area contributed by atoms with Gasteiger partial charge in [0.15, 0.2) is 0 Å². The normalized spacial score (nSPS) is 10.6. The first-order chi connectivity index (χ1) is 7.72. The van der Waals surface area contributed by atoms with E-state index in [-0.39, 0.29) is 0 Å². The second kappa shape index (κ2) is 4.39. The number of hydrogen-bond donors (Lipinski definition) is 1. The molecular formula is C13H17N3. The van der Waals surface area contributed by atoms with Crippen molar-refractivity contribution in [3.63, 3.8) is 0 Å². The lowest BCUT2D eigenvalue weighted by Gasteiger charge is -2.11. The van der Waals surface area contributed by atoms with Gasteiger partial charge in [-0.2, -0.15) is 0 Å². The Bertz CT molecular complexity index is 466. The molecule has 1 heterocycles. The summed E-state index contributed by atoms with van der Waals surface area (Å²) in [5, 5.41) is 0. The number of anilines is 1. The van der Waals surface area contributed by atoms with Crippen LogP contribution in [-0.4, -0.2) is 9.55 Å². The molecule has 3 nitrogen and oxygen atoms in total. The first-order valence-electron chi connectivity index (χ1n) is 5.56. The Kier molecular flexibility index (Phi) is 2.95. The maximum absolute atomic E-state index is 5.83. The Balaban J connectivity index is 2.34. The smallest absolute Gasteiger partial charge is 0.200 e. The van der Waals surface area contributed by atoms with Crippen molar-refractivity contribution in [2.75, 3.05) is 5.73 Å². The zero-order valence-corrected chi connectivity index (χ0v) is 9.77. The third kappa shape index (κ3) is 1.94. The molecule has 0 radical (unpaired) electrons. The van der Waals surface area contributed by atoms with Crippen molar-refractivity contribution in [1.29, 1.82) is 0 Å². The van der Waals surface area contributed by atoms with Gasteiger partial charge >= 0.3 is 0 Å². The zero-order chi connectivity index (χ0) is 11.5. The highest BCUT2D eigenvalue weighted by atomic mass is 15.1. The molecule has 0 saturated carbocycles. The van der Waals surface area contributed by atoms with Crippen LogP contribution in [0.5, 0.6) is 0 Å². The lowest BCUT2D eigenvalue weighted by molar-refractivity contribution is 0.773. The highest BCUT2D eigenvalue weighted by Crippen LogP contribution is 2.15. The molecule has 0 saturated heterocycles. The van der Waals surface area contributed by atoms with Crippen LogP contribution < -0.4 is 5.73 Å². The number of aryl methyl sites for hydroxylation is 2. The highest BCUT2D eigenvalue weighted by molar-refractivity contribution is 5.30. The van der Waals surface area contributed by atoms with Gasteiger partial charge in [0.05, 0.1) is 12.7 Å². The minimum atomic E-state index is 0.586. The standard InChI is InChI=1S/C13H17N3/c1-3-11-6-4-5-7-12(11)9-16-10(2)8-15-13(16)14/h4-8H,3,9H2,1-2H3,(H2,14,15). The van der Waals surface area contributed by atoms with Gasteiger partial charge < -0.3 is 10.3 Å². The molecule has 2 aromatic rings. The van der Waals surface area contributed by atoms with Gasteiger partial charge in [-0.1, -0.05) is 31.2 Å². The Morgan fingerprint density at radius 1 is 1.25 bits per heavy atom. The van der Waals surface area contributed by atoms with E-state index >= 15 is 0 Å². The molecule has 16 heavy (non-hydrogen) atoms. The Morgan fingerprint density at radius 3 is 2.50 bits per heavy atom. The third-order valence-electron chi connectivity index (χ3n) is 2.91. The summed E-state index contributed by atoms with van der Waals surface area (Å²) >= 11 is 0. The van der Waals surface area contributed by atoms with Crippen LogP contribution in [-0.2, 0) is 13.0 Å². The Hall–Kier alpha value is -1.77. The van der Waals surface area contributed by atoms with Crippen molar-refractivity contribution in [2.24, 2.45) is 0 Å². The molecule has 0 amide bonds. The summed E-state index contributed by atoms with van der Waals surface area (Å²) in [4.78, 5) is 4.11. The maximum atomic E-state index is 5.83. The number of rotatable bonds is 3. The molecule has 0 bridgehead atoms. The number of nitrogens with zero attached hydrogens (tertiary/aromatic N) is 2. The number of imidazole rings is 1. The molecule has 1 aromatic heterocycles. The molecular weight excluding hydrogens is 198 g/mol. The molecule has 84 valence electrons. The van der Waals surface area contributed by atoms with Crippen LogP contribution in [0.15, 0.2) is 30.5 Å². The first-order valence-corrected chi connectivity index (χ1v) is 5.56. The molecule has 1 aromatic carbocycles. The molecule has 0 aliphatic rings. The molecule has 3 heteroatoms. The molecule has 0 fully saturated rings. The van der Waals surface area contributed by atoms with Crippen molar-refractivity contribution in [1.82, 2.24) is 9.55 Å². The molecule has 2 N–H and O–H groups in total. The van der Waals surface area contributed by atoms with Crippen molar-refractivity contribution in [3.05, 3.63) is 47.3 Å². The van der Waals surface area contributed by atoms with Gasteiger partial charge in [0, 0.05) is 5.69 Å². The summed E-state index contributed by atoms with van der Waals surface area (Å²) in [5.41, 5.74) is 9.62. The van der Waals surface area contributed by atoms with Crippen molar-refractivity contribution in [2.45, 2.75) is 26.8 Å². The minimum absolute atomic E-state index is 0.586. The fraction of sp³-hybridized carbons (Fsp3) is 0.308. The quantitative estimate of drug-likeness (QED) is 0.854. The van der Waals surface area contributed by atoms with E-state index < -0.39 is 0 Å². The summed E-state index contributed by atoms with van der Waals surface area (Å²) < 4.78 is 2.04. The fourth-order valence-electron chi connectivity index (χ4n) is 1.91. The molecule has 0 spiro atoms. The Morgan fingerprint density at radius 2 is 1.94 bits per heavy atom. The predicted octanol–water partition coefficient (Wildman–Crippen LogP) is 2.38. The Labute approximate surface area is 95.9 Å². The van der Waals surface area contributed by atoms with Crippen molar-refractivity contribution >= 4 is 5.95 Å². The number of nitrogens with two attached hydrogens (primary N) is 1. The zero-order valence-electron chi connectivity index (χ0n) is 9.77. The van der Waals surface area contributed by atoms with E-state index in [4.69, 9.17) is 5.73 Å². The van der Waals surface area contributed by atoms with E-state index in [1.807, 2.05) is 17.7 Å². The van der Waals surface area contributed by atoms with Crippen LogP contribution in [0.25, 0.3) is 0 Å². The minimum Gasteiger partial charge on any atom is -0.369 e. The van der Waals surface area contributed by atoms with Crippen LogP contribution in [0, 0.1) is 6.92 Å². The molecule has 0 aliphatic carbocycles. The highest BCUT2D eigenvalue weighted by Gasteiger charge is 2.06. The van der Waals surface area contributed by atoms with Crippen molar-refractivity contribution in [3.8, 4) is 0 Å². The number of aromatic nitrogens is 2. The summed E-state index contributed by atoms with van der Waals surface area (Å²) in [6, 6.07) is 8.46. The van der Waals surface area contributed by atoms with Gasteiger partial charge in [-0.05, 0) is 24.5 Å². The van der Waals surface area contributed by atoms with Gasteiger partial charge in [-0.25, -0.2) is 4.98 Å². The average Bonchev–Trinajstić information content (AvgIpc) is 2.61. The van der Waals surface area contributed by atoms with Gasteiger partial charge in [-0.3, -0.25) is 0 Å². The van der Waals surface area contributed by atoms with Crippen LogP contribution in [0.3, 0.4) is 0 Å². The molecule has 0 atom stereocenters. The van der Waals surface area contributed by atoms with Gasteiger partial charge in [0.2, 0.25) is 5.95 Å².